The fourth-order valence-corrected chi connectivity index (χ4v) is 39.1. The summed E-state index contributed by atoms with van der Waals surface area (Å²) < 4.78 is 0. The van der Waals surface area contributed by atoms with Crippen molar-refractivity contribution in [2.45, 2.75) is 38.5 Å². The van der Waals surface area contributed by atoms with Gasteiger partial charge in [0.15, 0.2) is 32.3 Å². The van der Waals surface area contributed by atoms with Gasteiger partial charge in [0.2, 0.25) is 0 Å². The molecule has 2 aliphatic rings. The number of anilines is 6. The molecule has 17 aromatic rings. The molecule has 2 nitrogen and oxygen atoms in total. The fourth-order valence-electron chi connectivity index (χ4n) is 20.0. The largest absolute Gasteiger partial charge is 0.310 e. The molecule has 0 saturated heterocycles. The van der Waals surface area contributed by atoms with Crippen LogP contribution in [0.4, 0.5) is 34.1 Å². The van der Waals surface area contributed by atoms with Gasteiger partial charge in [-0.25, -0.2) is 0 Å². The van der Waals surface area contributed by atoms with Gasteiger partial charge in [0.1, 0.15) is 0 Å². The van der Waals surface area contributed by atoms with Gasteiger partial charge in [-0.1, -0.05) is 446 Å². The van der Waals surface area contributed by atoms with Crippen LogP contribution in [0.5, 0.6) is 0 Å². The highest BCUT2D eigenvalue weighted by Crippen LogP contribution is 2.55. The van der Waals surface area contributed by atoms with Crippen LogP contribution >= 0.6 is 0 Å². The van der Waals surface area contributed by atoms with Crippen molar-refractivity contribution >= 4 is 149 Å². The molecule has 2 aliphatic heterocycles. The predicted octanol–water partition coefficient (Wildman–Crippen LogP) is 15.4. The summed E-state index contributed by atoms with van der Waals surface area (Å²) >= 11 is 0. The van der Waals surface area contributed by atoms with E-state index in [4.69, 9.17) is 0 Å². The highest BCUT2D eigenvalue weighted by atomic mass is 28.3. The van der Waals surface area contributed by atoms with E-state index < -0.39 is 43.1 Å². The first-order valence-electron chi connectivity index (χ1n) is 40.0. The van der Waals surface area contributed by atoms with Crippen LogP contribution in [-0.4, -0.2) is 32.3 Å². The van der Waals surface area contributed by atoms with E-state index in [1.165, 1.54) is 128 Å². The van der Waals surface area contributed by atoms with E-state index in [1.54, 1.807) is 0 Å². The Kier molecular flexibility index (Phi) is 18.4. The third-order valence-corrected chi connectivity index (χ3v) is 44.3. The van der Waals surface area contributed by atoms with E-state index in [0.717, 1.165) is 11.4 Å². The zero-order valence-corrected chi connectivity index (χ0v) is 68.8. The summed E-state index contributed by atoms with van der Waals surface area (Å²) in [5.41, 5.74) is 10.9. The molecule has 0 radical (unpaired) electrons. The molecule has 0 aromatic heterocycles. The first-order valence-corrected chi connectivity index (χ1v) is 48.0. The Morgan fingerprint density at radius 3 is 0.447 bits per heavy atom. The molecular formula is C108H88N2Si4. The molecule has 0 N–H and O–H groups in total. The number of rotatable bonds is 18. The van der Waals surface area contributed by atoms with Gasteiger partial charge in [-0.2, -0.15) is 0 Å². The summed E-state index contributed by atoms with van der Waals surface area (Å²) in [4.78, 5) is 5.25. The maximum absolute atomic E-state index is 3.06. The van der Waals surface area contributed by atoms with Crippen molar-refractivity contribution in [1.82, 2.24) is 0 Å². The van der Waals surface area contributed by atoms with Crippen molar-refractivity contribution in [2.75, 3.05) is 9.80 Å². The van der Waals surface area contributed by atoms with Crippen LogP contribution in [0, 0.1) is 0 Å². The topological polar surface area (TPSA) is 6.48 Å². The molecule has 0 spiro atoms. The zero-order chi connectivity index (χ0) is 76.9. The van der Waals surface area contributed by atoms with E-state index in [9.17, 15) is 0 Å². The number of hydrogen-bond donors (Lipinski definition) is 0. The lowest BCUT2D eigenvalue weighted by molar-refractivity contribution is 0.632. The third kappa shape index (κ3) is 11.4. The van der Waals surface area contributed by atoms with Gasteiger partial charge in [-0.15, -0.1) is 0 Å². The van der Waals surface area contributed by atoms with E-state index in [1.807, 2.05) is 0 Å². The van der Waals surface area contributed by atoms with Crippen LogP contribution in [-0.2, 0) is 10.8 Å². The maximum atomic E-state index is 2.65. The van der Waals surface area contributed by atoms with Gasteiger partial charge in [0.25, 0.3) is 0 Å². The monoisotopic (exact) mass is 1520 g/mol. The molecule has 19 rings (SSSR count). The average Bonchev–Trinajstić information content (AvgIpc) is 0.706. The molecule has 6 heteroatoms. The van der Waals surface area contributed by atoms with Crippen molar-refractivity contribution < 1.29 is 0 Å². The standard InChI is InChI=1S/C108H88N2Si4/c1-107(2)99-77-95(111(83-44-17-5-18-45-83,84-46-19-6-20-47-84)85-48-21-7-22-49-85)68-72-103(99)109(104-73-69-96(78-100(104)107)112(86-50-23-8-24-51-86,87-52-25-9-26-53-87)88-54-27-10-28-55-88)81-42-41-43-82(76-81)110-105-74-70-97(113(89-56-29-11-30-57-89,90-58-31-12-32-59-90)91-60-33-13-34-61-91)79-101(105)108(3,4)102-80-98(71-75-106(102)110)114(92-62-35-14-36-63-92,93-64-37-15-38-65-93)94-66-39-16-40-67-94/h5-80H,1-4H3. The number of benzene rings is 17. The molecule has 0 aliphatic carbocycles. The highest BCUT2D eigenvalue weighted by Gasteiger charge is 2.50. The van der Waals surface area contributed by atoms with Crippen molar-refractivity contribution in [2.24, 2.45) is 0 Å². The van der Waals surface area contributed by atoms with Crippen LogP contribution in [0.3, 0.4) is 0 Å². The molecule has 546 valence electrons. The van der Waals surface area contributed by atoms with E-state index >= 15 is 0 Å². The normalized spacial score (nSPS) is 13.5. The van der Waals surface area contributed by atoms with Crippen molar-refractivity contribution in [1.29, 1.82) is 0 Å². The second-order valence-electron chi connectivity index (χ2n) is 31.8. The molecule has 0 atom stereocenters. The third-order valence-electron chi connectivity index (χ3n) is 25.2. The van der Waals surface area contributed by atoms with Gasteiger partial charge >= 0.3 is 0 Å². The van der Waals surface area contributed by atoms with Crippen LogP contribution in [0.15, 0.2) is 461 Å². The highest BCUT2D eigenvalue weighted by molar-refractivity contribution is 7.22. The Hall–Kier alpha value is -12.8. The molecular weight excluding hydrogens is 1440 g/mol. The van der Waals surface area contributed by atoms with Crippen molar-refractivity contribution in [3.05, 3.63) is 483 Å². The summed E-state index contributed by atoms with van der Waals surface area (Å²) in [5.74, 6) is 0. The molecule has 114 heavy (non-hydrogen) atoms. The molecule has 0 amide bonds. The van der Waals surface area contributed by atoms with E-state index in [0.29, 0.717) is 0 Å². The SMILES string of the molecule is CC1(C)c2cc([Si](c3ccccc3)(c3ccccc3)c3ccccc3)ccc2N(c2cccc(N3c4ccc([Si](c5ccccc5)(c5ccccc5)c5ccccc5)cc4C(C)(C)c4cc([Si](c5ccccc5)(c5ccccc5)c5ccccc5)ccc43)c2)c2ccc([Si](c3ccccc3)(c3ccccc3)c3ccccc3)cc21. The van der Waals surface area contributed by atoms with Gasteiger partial charge in [0.05, 0.1) is 22.7 Å². The van der Waals surface area contributed by atoms with Gasteiger partial charge in [-0.05, 0) is 148 Å². The second kappa shape index (κ2) is 29.4. The first-order chi connectivity index (χ1) is 56.1. The maximum Gasteiger partial charge on any atom is 0.179 e. The van der Waals surface area contributed by atoms with E-state index in [2.05, 4.69) is 499 Å². The van der Waals surface area contributed by atoms with E-state index in [-0.39, 0.29) is 0 Å². The Bertz CT molecular complexity index is 5130. The van der Waals surface area contributed by atoms with Crippen LogP contribution in [0.1, 0.15) is 49.9 Å². The van der Waals surface area contributed by atoms with Crippen LogP contribution in [0.2, 0.25) is 0 Å². The summed E-state index contributed by atoms with van der Waals surface area (Å²) in [6.45, 7) is 10.0. The minimum atomic E-state index is -3.06. The number of hydrogen-bond acceptors (Lipinski definition) is 2. The zero-order valence-electron chi connectivity index (χ0n) is 64.8. The van der Waals surface area contributed by atoms with Crippen molar-refractivity contribution in [3.63, 3.8) is 0 Å². The summed E-state index contributed by atoms with van der Waals surface area (Å²) in [6.07, 6.45) is 0. The number of nitrogens with zero attached hydrogens (tertiary/aromatic N) is 2. The van der Waals surface area contributed by atoms with Crippen LogP contribution < -0.4 is 92.8 Å². The predicted molar refractivity (Wildman–Crippen MR) is 495 cm³/mol. The minimum Gasteiger partial charge on any atom is -0.310 e. The lowest BCUT2D eigenvalue weighted by Gasteiger charge is -2.46. The van der Waals surface area contributed by atoms with Gasteiger partial charge in [0, 0.05) is 22.2 Å². The summed E-state index contributed by atoms with van der Waals surface area (Å²) in [7, 11) is -12.2. The Morgan fingerprint density at radius 2 is 0.298 bits per heavy atom. The molecule has 17 aromatic carbocycles. The molecule has 0 fully saturated rings. The lowest BCUT2D eigenvalue weighted by atomic mass is 9.73. The second-order valence-corrected chi connectivity index (χ2v) is 47.0. The smallest absolute Gasteiger partial charge is 0.179 e. The van der Waals surface area contributed by atoms with Crippen LogP contribution in [0.25, 0.3) is 0 Å². The van der Waals surface area contributed by atoms with Gasteiger partial charge < -0.3 is 9.80 Å². The molecule has 0 bridgehead atoms. The van der Waals surface area contributed by atoms with Gasteiger partial charge in [-0.3, -0.25) is 0 Å². The average molecular weight is 1530 g/mol. The fraction of sp³-hybridized carbons (Fsp3) is 0.0556. The minimum absolute atomic E-state index is 0.527. The Morgan fingerprint density at radius 1 is 0.149 bits per heavy atom. The molecule has 0 saturated carbocycles. The van der Waals surface area contributed by atoms with Crippen molar-refractivity contribution in [3.8, 4) is 0 Å². The lowest BCUT2D eigenvalue weighted by Crippen LogP contribution is -2.75. The Labute approximate surface area is 676 Å². The quantitative estimate of drug-likeness (QED) is 0.0624. The first kappa shape index (κ1) is 71.5. The Balaban J connectivity index is 0.884. The number of fused-ring (bicyclic) bond motifs is 4. The summed E-state index contributed by atoms with van der Waals surface area (Å²) in [5, 5.41) is 21.5. The molecule has 0 unspecified atom stereocenters. The summed E-state index contributed by atoms with van der Waals surface area (Å²) in [6, 6.07) is 177. The molecule has 2 heterocycles.